The van der Waals surface area contributed by atoms with Gasteiger partial charge in [0.05, 0.1) is 5.69 Å². The number of hydrogen-bond acceptors (Lipinski definition) is 3. The first kappa shape index (κ1) is 10.4. The molecule has 0 radical (unpaired) electrons. The van der Waals surface area contributed by atoms with Crippen LogP contribution in [0.15, 0.2) is 36.5 Å². The predicted octanol–water partition coefficient (Wildman–Crippen LogP) is 3.98. The maximum atomic E-state index is 4.62. The van der Waals surface area contributed by atoms with Crippen LogP contribution in [0.1, 0.15) is 9.75 Å². The molecule has 0 N–H and O–H groups in total. The van der Waals surface area contributed by atoms with Crippen LogP contribution < -0.4 is 0 Å². The van der Waals surface area contributed by atoms with E-state index in [1.54, 1.807) is 6.20 Å². The number of hydrogen-bond donors (Lipinski definition) is 0. The molecule has 0 fully saturated rings. The third-order valence-electron chi connectivity index (χ3n) is 2.78. The average molecular weight is 240 g/mol. The first-order chi connectivity index (χ1) is 8.24. The van der Waals surface area contributed by atoms with Crippen LogP contribution in [-0.4, -0.2) is 9.97 Å². The summed E-state index contributed by atoms with van der Waals surface area (Å²) in [7, 11) is 0. The van der Waals surface area contributed by atoms with Gasteiger partial charge in [0.25, 0.3) is 0 Å². The molecular formula is C14H12N2S. The van der Waals surface area contributed by atoms with Gasteiger partial charge >= 0.3 is 0 Å². The van der Waals surface area contributed by atoms with Crippen molar-refractivity contribution in [1.82, 2.24) is 9.97 Å². The minimum atomic E-state index is 0.813. The third kappa shape index (κ3) is 1.83. The highest BCUT2D eigenvalue weighted by molar-refractivity contribution is 7.12. The van der Waals surface area contributed by atoms with E-state index in [-0.39, 0.29) is 0 Å². The molecule has 0 aliphatic carbocycles. The van der Waals surface area contributed by atoms with Crippen molar-refractivity contribution in [3.8, 4) is 11.3 Å². The maximum absolute atomic E-state index is 4.62. The van der Waals surface area contributed by atoms with E-state index in [0.29, 0.717) is 0 Å². The molecule has 0 amide bonds. The Balaban J connectivity index is 2.21. The van der Waals surface area contributed by atoms with Crippen molar-refractivity contribution in [3.63, 3.8) is 0 Å². The second-order valence-electron chi connectivity index (χ2n) is 4.07. The fourth-order valence-corrected chi connectivity index (χ4v) is 2.92. The van der Waals surface area contributed by atoms with Crippen molar-refractivity contribution in [2.24, 2.45) is 0 Å². The Kier molecular flexibility index (Phi) is 2.41. The van der Waals surface area contributed by atoms with Gasteiger partial charge in [-0.3, -0.25) is 0 Å². The van der Waals surface area contributed by atoms with E-state index >= 15 is 0 Å². The van der Waals surface area contributed by atoms with Gasteiger partial charge in [0.1, 0.15) is 0 Å². The molecule has 3 aromatic heterocycles. The van der Waals surface area contributed by atoms with E-state index in [2.05, 4.69) is 42.0 Å². The summed E-state index contributed by atoms with van der Waals surface area (Å²) in [5.74, 6) is 0. The normalized spacial score (nSPS) is 10.9. The lowest BCUT2D eigenvalue weighted by Crippen LogP contribution is -1.87. The third-order valence-corrected chi connectivity index (χ3v) is 3.75. The van der Waals surface area contributed by atoms with Crippen LogP contribution >= 0.6 is 11.3 Å². The average Bonchev–Trinajstić information content (AvgIpc) is 2.68. The molecule has 3 heteroatoms. The number of nitrogens with zero attached hydrogens (tertiary/aromatic N) is 2. The van der Waals surface area contributed by atoms with Crippen LogP contribution in [0.2, 0.25) is 0 Å². The van der Waals surface area contributed by atoms with Gasteiger partial charge in [0.2, 0.25) is 0 Å². The molecule has 0 unspecified atom stereocenters. The lowest BCUT2D eigenvalue weighted by Gasteiger charge is -2.01. The molecule has 3 heterocycles. The summed E-state index contributed by atoms with van der Waals surface area (Å²) in [5.41, 5.74) is 3.05. The summed E-state index contributed by atoms with van der Waals surface area (Å²) in [6.07, 6.45) is 1.78. The number of pyridine rings is 2. The zero-order valence-electron chi connectivity index (χ0n) is 9.77. The smallest absolute Gasteiger partial charge is 0.159 e. The number of aromatic nitrogens is 2. The fraction of sp³-hybridized carbons (Fsp3) is 0.143. The van der Waals surface area contributed by atoms with E-state index < -0.39 is 0 Å². The Bertz CT molecular complexity index is 686. The van der Waals surface area contributed by atoms with Gasteiger partial charge < -0.3 is 0 Å². The van der Waals surface area contributed by atoms with Crippen molar-refractivity contribution in [1.29, 1.82) is 0 Å². The molecule has 0 aliphatic heterocycles. The lowest BCUT2D eigenvalue weighted by atomic mass is 10.1. The van der Waals surface area contributed by atoms with Crippen molar-refractivity contribution in [3.05, 3.63) is 46.3 Å². The van der Waals surface area contributed by atoms with Gasteiger partial charge in [-0.1, -0.05) is 0 Å². The SMILES string of the molecule is Cc1cc(-c2ccc3cccnc3n2)c(C)s1. The summed E-state index contributed by atoms with van der Waals surface area (Å²) >= 11 is 1.81. The van der Waals surface area contributed by atoms with Crippen molar-refractivity contribution in [2.45, 2.75) is 13.8 Å². The van der Waals surface area contributed by atoms with E-state index in [4.69, 9.17) is 0 Å². The fourth-order valence-electron chi connectivity index (χ4n) is 1.99. The van der Waals surface area contributed by atoms with Gasteiger partial charge in [-0.25, -0.2) is 9.97 Å². The second kappa shape index (κ2) is 3.93. The Morgan fingerprint density at radius 2 is 2.00 bits per heavy atom. The summed E-state index contributed by atoms with van der Waals surface area (Å²) in [6.45, 7) is 4.26. The standard InChI is InChI=1S/C14H12N2S/c1-9-8-12(10(2)17-9)13-6-5-11-4-3-7-15-14(11)16-13/h3-8H,1-2H3. The van der Waals surface area contributed by atoms with Crippen molar-refractivity contribution >= 4 is 22.4 Å². The largest absolute Gasteiger partial charge is 0.237 e. The number of thiophene rings is 1. The summed E-state index contributed by atoms with van der Waals surface area (Å²) in [5, 5.41) is 1.08. The summed E-state index contributed by atoms with van der Waals surface area (Å²) in [4.78, 5) is 11.5. The predicted molar refractivity (Wildman–Crippen MR) is 72.3 cm³/mol. The summed E-state index contributed by atoms with van der Waals surface area (Å²) < 4.78 is 0. The van der Waals surface area contributed by atoms with E-state index in [1.807, 2.05) is 23.5 Å². The Labute approximate surface area is 104 Å². The molecular weight excluding hydrogens is 228 g/mol. The molecule has 17 heavy (non-hydrogen) atoms. The van der Waals surface area contributed by atoms with E-state index in [1.165, 1.54) is 15.3 Å². The minimum Gasteiger partial charge on any atom is -0.237 e. The zero-order valence-corrected chi connectivity index (χ0v) is 10.6. The molecule has 0 aliphatic rings. The second-order valence-corrected chi connectivity index (χ2v) is 5.53. The zero-order chi connectivity index (χ0) is 11.8. The molecule has 3 rings (SSSR count). The van der Waals surface area contributed by atoms with Gasteiger partial charge in [0, 0.05) is 26.9 Å². The number of aryl methyl sites for hydroxylation is 2. The van der Waals surface area contributed by atoms with E-state index in [9.17, 15) is 0 Å². The van der Waals surface area contributed by atoms with Gasteiger partial charge in [0.15, 0.2) is 5.65 Å². The minimum absolute atomic E-state index is 0.813. The highest BCUT2D eigenvalue weighted by atomic mass is 32.1. The van der Waals surface area contributed by atoms with E-state index in [0.717, 1.165) is 16.7 Å². The van der Waals surface area contributed by atoms with Crippen molar-refractivity contribution < 1.29 is 0 Å². The number of rotatable bonds is 1. The van der Waals surface area contributed by atoms with Crippen LogP contribution in [0, 0.1) is 13.8 Å². The van der Waals surface area contributed by atoms with Crippen LogP contribution in [0.25, 0.3) is 22.3 Å². The van der Waals surface area contributed by atoms with Crippen LogP contribution in [0.4, 0.5) is 0 Å². The molecule has 0 saturated carbocycles. The molecule has 0 saturated heterocycles. The Morgan fingerprint density at radius 1 is 1.12 bits per heavy atom. The molecule has 2 nitrogen and oxygen atoms in total. The first-order valence-corrected chi connectivity index (χ1v) is 6.35. The molecule has 0 atom stereocenters. The Hall–Kier alpha value is -1.74. The van der Waals surface area contributed by atoms with Gasteiger partial charge in [-0.15, -0.1) is 11.3 Å². The van der Waals surface area contributed by atoms with Crippen LogP contribution in [0.5, 0.6) is 0 Å². The molecule has 84 valence electrons. The highest BCUT2D eigenvalue weighted by Crippen LogP contribution is 2.29. The maximum Gasteiger partial charge on any atom is 0.159 e. The van der Waals surface area contributed by atoms with Gasteiger partial charge in [-0.05, 0) is 44.2 Å². The molecule has 3 aromatic rings. The monoisotopic (exact) mass is 240 g/mol. The molecule has 0 spiro atoms. The molecule has 0 bridgehead atoms. The Morgan fingerprint density at radius 3 is 2.76 bits per heavy atom. The summed E-state index contributed by atoms with van der Waals surface area (Å²) in [6, 6.07) is 10.3. The first-order valence-electron chi connectivity index (χ1n) is 5.53. The van der Waals surface area contributed by atoms with Crippen LogP contribution in [0.3, 0.4) is 0 Å². The quantitative estimate of drug-likeness (QED) is 0.643. The number of fused-ring (bicyclic) bond motifs is 1. The van der Waals surface area contributed by atoms with Gasteiger partial charge in [-0.2, -0.15) is 0 Å². The highest BCUT2D eigenvalue weighted by Gasteiger charge is 2.07. The molecule has 0 aromatic carbocycles. The lowest BCUT2D eigenvalue weighted by molar-refractivity contribution is 1.28. The van der Waals surface area contributed by atoms with Crippen LogP contribution in [-0.2, 0) is 0 Å². The topological polar surface area (TPSA) is 25.8 Å². The van der Waals surface area contributed by atoms with Crippen molar-refractivity contribution in [2.75, 3.05) is 0 Å².